The second-order valence-corrected chi connectivity index (χ2v) is 29.4. The van der Waals surface area contributed by atoms with Gasteiger partial charge in [0.05, 0.1) is 26.4 Å². The van der Waals surface area contributed by atoms with Gasteiger partial charge in [-0.2, -0.15) is 0 Å². The molecule has 0 aliphatic heterocycles. The summed E-state index contributed by atoms with van der Waals surface area (Å²) in [5.74, 6) is 0.0780. The van der Waals surface area contributed by atoms with Gasteiger partial charge in [-0.15, -0.1) is 0 Å². The van der Waals surface area contributed by atoms with Crippen molar-refractivity contribution in [3.05, 3.63) is 24.3 Å². The van der Waals surface area contributed by atoms with Gasteiger partial charge in [0, 0.05) is 25.7 Å². The van der Waals surface area contributed by atoms with E-state index in [1.165, 1.54) is 128 Å². The van der Waals surface area contributed by atoms with Crippen molar-refractivity contribution in [2.24, 2.45) is 17.8 Å². The van der Waals surface area contributed by atoms with Crippen LogP contribution in [0.1, 0.15) is 337 Å². The van der Waals surface area contributed by atoms with E-state index < -0.39 is 97.5 Å². The maximum absolute atomic E-state index is 13.0. The lowest BCUT2D eigenvalue weighted by Gasteiger charge is -2.21. The summed E-state index contributed by atoms with van der Waals surface area (Å²) in [5, 5.41) is 10.6. The molecule has 0 saturated heterocycles. The number of rotatable bonds is 68. The number of esters is 4. The SMILES string of the molecule is CCCCCC/C=C\C=C/CCCCCCCC(=O)O[C@H](COC(=O)CCCCCCCCC(C)C)COP(=O)(O)OC[C@H](O)COP(=O)(O)OC[C@@H](COC(=O)CCCCCCCCCCCCC(C)CC)OC(=O)CCCCCCCCCCCCC(C)C. The highest BCUT2D eigenvalue weighted by atomic mass is 31.2. The van der Waals surface area contributed by atoms with Crippen molar-refractivity contribution >= 4 is 39.5 Å². The Kier molecular flexibility index (Phi) is 60.7. The quantitative estimate of drug-likeness (QED) is 0.0169. The van der Waals surface area contributed by atoms with Crippen molar-refractivity contribution in [2.45, 2.75) is 356 Å². The molecule has 0 radical (unpaired) electrons. The standard InChI is InChI=1S/C72H136O17P2/c1-8-10-11-12-13-14-15-16-17-18-19-27-32-41-48-55-71(76)89-68(60-83-70(75)54-47-40-35-34-37-44-51-64(5)6)62-87-91(80,81)85-58-66(73)57-84-90(78,79)86-61-67(88-72(77)56-49-42-33-28-22-20-24-29-36-43-50-63(3)4)59-82-69(74)53-46-39-31-26-23-21-25-30-38-45-52-65(7)9-2/h14-17,63-68,73H,8-13,18-62H2,1-7H3,(H,78,79)(H,80,81)/b15-14-,17-16-/t65?,66-,67-,68-/m1/s1. The van der Waals surface area contributed by atoms with Crippen molar-refractivity contribution in [1.29, 1.82) is 0 Å². The molecule has 536 valence electrons. The van der Waals surface area contributed by atoms with Crippen molar-refractivity contribution < 1.29 is 80.2 Å². The first-order valence-corrected chi connectivity index (χ1v) is 39.7. The highest BCUT2D eigenvalue weighted by molar-refractivity contribution is 7.47. The van der Waals surface area contributed by atoms with Crippen LogP contribution in [-0.4, -0.2) is 96.7 Å². The summed E-state index contributed by atoms with van der Waals surface area (Å²) in [5.41, 5.74) is 0. The topological polar surface area (TPSA) is 237 Å². The molecule has 3 N–H and O–H groups in total. The highest BCUT2D eigenvalue weighted by Crippen LogP contribution is 2.45. The first-order chi connectivity index (χ1) is 43.8. The lowest BCUT2D eigenvalue weighted by Crippen LogP contribution is -2.30. The predicted molar refractivity (Wildman–Crippen MR) is 367 cm³/mol. The van der Waals surface area contributed by atoms with Gasteiger partial charge in [-0.05, 0) is 69.1 Å². The zero-order chi connectivity index (χ0) is 67.3. The Morgan fingerprint density at radius 1 is 0.363 bits per heavy atom. The highest BCUT2D eigenvalue weighted by Gasteiger charge is 2.30. The maximum atomic E-state index is 13.0. The molecule has 0 amide bonds. The van der Waals surface area contributed by atoms with Crippen LogP contribution in [0.4, 0.5) is 0 Å². The van der Waals surface area contributed by atoms with E-state index in [1.54, 1.807) is 0 Å². The average Bonchev–Trinajstić information content (AvgIpc) is 3.73. The number of hydrogen-bond acceptors (Lipinski definition) is 15. The number of aliphatic hydroxyl groups excluding tert-OH is 1. The Bertz CT molecular complexity index is 1880. The fourth-order valence-corrected chi connectivity index (χ4v) is 11.9. The van der Waals surface area contributed by atoms with Crippen LogP contribution >= 0.6 is 15.6 Å². The number of aliphatic hydroxyl groups is 1. The zero-order valence-electron chi connectivity index (χ0n) is 58.8. The lowest BCUT2D eigenvalue weighted by molar-refractivity contribution is -0.161. The molecule has 0 aliphatic rings. The zero-order valence-corrected chi connectivity index (χ0v) is 60.6. The molecule has 0 bridgehead atoms. The molecule has 0 aromatic carbocycles. The van der Waals surface area contributed by atoms with E-state index in [4.69, 9.17) is 37.0 Å². The first kappa shape index (κ1) is 88.5. The van der Waals surface area contributed by atoms with Gasteiger partial charge in [-0.3, -0.25) is 37.3 Å². The number of phosphoric acid groups is 2. The number of carbonyl (C=O) groups excluding carboxylic acids is 4. The van der Waals surface area contributed by atoms with Crippen LogP contribution in [0.15, 0.2) is 24.3 Å². The van der Waals surface area contributed by atoms with Gasteiger partial charge in [-0.25, -0.2) is 9.13 Å². The second kappa shape index (κ2) is 62.4. The van der Waals surface area contributed by atoms with Gasteiger partial charge in [0.2, 0.25) is 0 Å². The molecule has 3 unspecified atom stereocenters. The van der Waals surface area contributed by atoms with E-state index in [0.717, 1.165) is 121 Å². The Morgan fingerprint density at radius 3 is 0.978 bits per heavy atom. The van der Waals surface area contributed by atoms with Gasteiger partial charge in [-0.1, -0.05) is 285 Å². The number of ether oxygens (including phenoxy) is 4. The van der Waals surface area contributed by atoms with E-state index in [2.05, 4.69) is 72.8 Å². The molecule has 0 fully saturated rings. The summed E-state index contributed by atoms with van der Waals surface area (Å²) >= 11 is 0. The van der Waals surface area contributed by atoms with Crippen LogP contribution in [0.25, 0.3) is 0 Å². The molecule has 6 atom stereocenters. The van der Waals surface area contributed by atoms with Gasteiger partial charge in [0.1, 0.15) is 19.3 Å². The van der Waals surface area contributed by atoms with E-state index in [9.17, 15) is 43.2 Å². The molecule has 0 rings (SSSR count). The molecular formula is C72H136O17P2. The number of unbranched alkanes of at least 4 members (excludes halogenated alkanes) is 32. The predicted octanol–water partition coefficient (Wildman–Crippen LogP) is 20.2. The summed E-state index contributed by atoms with van der Waals surface area (Å²) < 4.78 is 68.3. The van der Waals surface area contributed by atoms with Crippen molar-refractivity contribution in [1.82, 2.24) is 0 Å². The Hall–Kier alpha value is -2.46. The van der Waals surface area contributed by atoms with Gasteiger partial charge in [0.25, 0.3) is 0 Å². The smallest absolute Gasteiger partial charge is 0.462 e. The van der Waals surface area contributed by atoms with Gasteiger partial charge < -0.3 is 33.8 Å². The van der Waals surface area contributed by atoms with Crippen LogP contribution < -0.4 is 0 Å². The minimum atomic E-state index is -4.96. The van der Waals surface area contributed by atoms with E-state index >= 15 is 0 Å². The van der Waals surface area contributed by atoms with Crippen molar-refractivity contribution in [2.75, 3.05) is 39.6 Å². The van der Waals surface area contributed by atoms with Crippen LogP contribution in [0.3, 0.4) is 0 Å². The fraction of sp³-hybridized carbons (Fsp3) is 0.889. The third-order valence-electron chi connectivity index (χ3n) is 16.4. The summed E-state index contributed by atoms with van der Waals surface area (Å²) in [6, 6.07) is 0. The molecule has 0 spiro atoms. The van der Waals surface area contributed by atoms with E-state index in [-0.39, 0.29) is 25.7 Å². The van der Waals surface area contributed by atoms with Gasteiger partial charge in [0.15, 0.2) is 12.2 Å². The number of carbonyl (C=O) groups is 4. The molecule has 17 nitrogen and oxygen atoms in total. The molecule has 0 saturated carbocycles. The number of allylic oxidation sites excluding steroid dienone is 4. The molecule has 91 heavy (non-hydrogen) atoms. The average molecular weight is 1340 g/mol. The summed E-state index contributed by atoms with van der Waals surface area (Å²) in [4.78, 5) is 72.6. The molecule has 0 aromatic rings. The van der Waals surface area contributed by atoms with E-state index in [1.807, 2.05) is 0 Å². The lowest BCUT2D eigenvalue weighted by atomic mass is 9.99. The monoisotopic (exact) mass is 1330 g/mol. The second-order valence-electron chi connectivity index (χ2n) is 26.5. The van der Waals surface area contributed by atoms with Crippen molar-refractivity contribution in [3.63, 3.8) is 0 Å². The Labute approximate surface area is 554 Å². The molecular weight excluding hydrogens is 1200 g/mol. The molecule has 0 aromatic heterocycles. The van der Waals surface area contributed by atoms with Crippen LogP contribution in [-0.2, 0) is 65.4 Å². The summed E-state index contributed by atoms with van der Waals surface area (Å²) in [7, 11) is -9.92. The summed E-state index contributed by atoms with van der Waals surface area (Å²) in [6.45, 7) is 11.7. The number of phosphoric ester groups is 2. The minimum absolute atomic E-state index is 0.0835. The van der Waals surface area contributed by atoms with Crippen LogP contribution in [0, 0.1) is 17.8 Å². The molecule has 0 aliphatic carbocycles. The largest absolute Gasteiger partial charge is 0.472 e. The minimum Gasteiger partial charge on any atom is -0.462 e. The van der Waals surface area contributed by atoms with Crippen molar-refractivity contribution in [3.8, 4) is 0 Å². The van der Waals surface area contributed by atoms with Crippen LogP contribution in [0.2, 0.25) is 0 Å². The number of hydrogen-bond donors (Lipinski definition) is 3. The van der Waals surface area contributed by atoms with Crippen LogP contribution in [0.5, 0.6) is 0 Å². The van der Waals surface area contributed by atoms with E-state index in [0.29, 0.717) is 31.6 Å². The maximum Gasteiger partial charge on any atom is 0.472 e. The molecule has 0 heterocycles. The molecule has 19 heteroatoms. The van der Waals surface area contributed by atoms with Gasteiger partial charge >= 0.3 is 39.5 Å². The third-order valence-corrected chi connectivity index (χ3v) is 18.3. The Morgan fingerprint density at radius 2 is 0.648 bits per heavy atom. The fourth-order valence-electron chi connectivity index (χ4n) is 10.3. The third kappa shape index (κ3) is 64.6. The first-order valence-electron chi connectivity index (χ1n) is 36.7. The Balaban J connectivity index is 5.28. The normalized spacial score (nSPS) is 14.6. The summed E-state index contributed by atoms with van der Waals surface area (Å²) in [6.07, 6.45) is 49.4.